The number of aliphatic hydroxyl groups excluding tert-OH is 1. The Hall–Kier alpha value is -3.56. The van der Waals surface area contributed by atoms with Crippen LogP contribution in [0.3, 0.4) is 0 Å². The Bertz CT molecular complexity index is 1830. The van der Waals surface area contributed by atoms with Crippen molar-refractivity contribution < 1.29 is 42.8 Å². The van der Waals surface area contributed by atoms with Gasteiger partial charge in [0.25, 0.3) is 0 Å². The summed E-state index contributed by atoms with van der Waals surface area (Å²) >= 11 is 6.45. The molecule has 3 heterocycles. The number of anilines is 1. The lowest BCUT2D eigenvalue weighted by Crippen LogP contribution is -2.44. The zero-order valence-electron chi connectivity index (χ0n) is 26.7. The maximum Gasteiger partial charge on any atom is 0.459 e. The fourth-order valence-corrected chi connectivity index (χ4v) is 6.78. The number of esters is 1. The van der Waals surface area contributed by atoms with Gasteiger partial charge in [-0.2, -0.15) is 15.1 Å². The number of fused-ring (bicyclic) bond motifs is 2. The number of nitrogens with two attached hydrogens (primary N) is 1. The van der Waals surface area contributed by atoms with Crippen molar-refractivity contribution in [1.29, 1.82) is 0 Å². The molecule has 6 atom stereocenters. The number of nitrogens with one attached hydrogen (secondary N) is 1. The Morgan fingerprint density at radius 2 is 1.91 bits per heavy atom. The number of aromatic nitrogens is 4. The van der Waals surface area contributed by atoms with E-state index in [0.29, 0.717) is 5.39 Å². The molecule has 1 fully saturated rings. The molecule has 2 aromatic carbocycles. The molecule has 1 aliphatic heterocycles. The van der Waals surface area contributed by atoms with Crippen molar-refractivity contribution >= 4 is 53.2 Å². The second kappa shape index (κ2) is 13.2. The molecule has 0 amide bonds. The van der Waals surface area contributed by atoms with Gasteiger partial charge in [-0.05, 0) is 42.3 Å². The fourth-order valence-electron chi connectivity index (χ4n) is 5.01. The van der Waals surface area contributed by atoms with E-state index in [0.717, 1.165) is 5.39 Å². The van der Waals surface area contributed by atoms with Crippen molar-refractivity contribution in [3.8, 4) is 11.6 Å². The van der Waals surface area contributed by atoms with Crippen LogP contribution in [-0.4, -0.2) is 79.9 Å². The normalized spacial score (nSPS) is 23.5. The molecule has 0 aliphatic carbocycles. The average molecular weight is 693 g/mol. The monoisotopic (exact) mass is 692 g/mol. The van der Waals surface area contributed by atoms with Crippen LogP contribution in [0.25, 0.3) is 21.9 Å². The summed E-state index contributed by atoms with van der Waals surface area (Å²) in [5.74, 6) is -0.574. The second-order valence-electron chi connectivity index (χ2n) is 12.6. The van der Waals surface area contributed by atoms with Gasteiger partial charge in [-0.25, -0.2) is 9.55 Å². The zero-order valence-corrected chi connectivity index (χ0v) is 28.4. The molecule has 0 spiro atoms. The molecule has 0 radical (unpaired) electrons. The molecule has 5 rings (SSSR count). The molecule has 254 valence electrons. The molecule has 2 aromatic heterocycles. The smallest absolute Gasteiger partial charge is 0.459 e. The molecule has 4 aromatic rings. The van der Waals surface area contributed by atoms with Crippen LogP contribution >= 0.6 is 19.3 Å². The van der Waals surface area contributed by atoms with Gasteiger partial charge in [0, 0.05) is 5.39 Å². The van der Waals surface area contributed by atoms with Gasteiger partial charge in [0.2, 0.25) is 17.1 Å². The summed E-state index contributed by atoms with van der Waals surface area (Å²) in [7, 11) is -3.04. The number of halogens is 1. The van der Waals surface area contributed by atoms with E-state index >= 15 is 0 Å². The van der Waals surface area contributed by atoms with Gasteiger partial charge in [-0.15, -0.1) is 0 Å². The van der Waals surface area contributed by atoms with Crippen molar-refractivity contribution in [3.05, 3.63) is 47.7 Å². The van der Waals surface area contributed by atoms with Crippen LogP contribution in [0.15, 0.2) is 42.5 Å². The highest BCUT2D eigenvalue weighted by Gasteiger charge is 2.55. The first-order chi connectivity index (χ1) is 22.0. The fraction of sp³-hybridized carbons (Fsp3) is 0.467. The number of aliphatic hydroxyl groups is 2. The Morgan fingerprint density at radius 3 is 2.62 bits per heavy atom. The van der Waals surface area contributed by atoms with Gasteiger partial charge in [-0.1, -0.05) is 57.2 Å². The first-order valence-electron chi connectivity index (χ1n) is 14.7. The number of imidazole rings is 1. The third kappa shape index (κ3) is 7.31. The maximum atomic E-state index is 14.4. The number of nitrogen functional groups attached to an aromatic ring is 1. The van der Waals surface area contributed by atoms with Crippen molar-refractivity contribution in [2.75, 3.05) is 26.1 Å². The number of hydrogen-bond donors (Lipinski definition) is 4. The molecule has 1 unspecified atom stereocenters. The van der Waals surface area contributed by atoms with Crippen LogP contribution in [-0.2, 0) is 23.4 Å². The molecule has 0 saturated carbocycles. The molecule has 15 nitrogen and oxygen atoms in total. The van der Waals surface area contributed by atoms with Gasteiger partial charge in [0.05, 0.1) is 20.3 Å². The highest BCUT2D eigenvalue weighted by Crippen LogP contribution is 2.49. The molecule has 1 saturated heterocycles. The number of benzene rings is 2. The van der Waals surface area contributed by atoms with E-state index in [1.54, 1.807) is 24.3 Å². The summed E-state index contributed by atoms with van der Waals surface area (Å²) in [6.07, 6.45) is -4.23. The Labute approximate surface area is 275 Å². The predicted octanol–water partition coefficient (Wildman–Crippen LogP) is 4.00. The minimum atomic E-state index is -4.41. The third-order valence-corrected chi connectivity index (χ3v) is 9.29. The Kier molecular flexibility index (Phi) is 9.73. The van der Waals surface area contributed by atoms with Crippen LogP contribution in [0, 0.1) is 5.41 Å². The van der Waals surface area contributed by atoms with E-state index in [2.05, 4.69) is 20.0 Å². The summed E-state index contributed by atoms with van der Waals surface area (Å²) in [5.41, 5.74) is 3.78. The van der Waals surface area contributed by atoms with Gasteiger partial charge in [0.1, 0.15) is 29.6 Å². The van der Waals surface area contributed by atoms with E-state index in [1.165, 1.54) is 25.5 Å². The van der Waals surface area contributed by atoms with Crippen molar-refractivity contribution in [2.45, 2.75) is 64.7 Å². The van der Waals surface area contributed by atoms with Crippen molar-refractivity contribution in [2.24, 2.45) is 5.41 Å². The number of methoxy groups -OCH3 is 1. The van der Waals surface area contributed by atoms with E-state index in [4.69, 9.17) is 40.6 Å². The maximum absolute atomic E-state index is 14.4. The number of nitrogens with zero attached hydrogens (tertiary/aromatic N) is 4. The minimum absolute atomic E-state index is 0.0407. The molecular weight excluding hydrogens is 655 g/mol. The third-order valence-electron chi connectivity index (χ3n) is 7.39. The lowest BCUT2D eigenvalue weighted by molar-refractivity contribution is -0.148. The van der Waals surface area contributed by atoms with Gasteiger partial charge >= 0.3 is 13.7 Å². The highest BCUT2D eigenvalue weighted by atomic mass is 35.5. The topological polar surface area (TPSA) is 202 Å². The van der Waals surface area contributed by atoms with E-state index in [1.807, 2.05) is 39.0 Å². The Balaban J connectivity index is 1.42. The quantitative estimate of drug-likeness (QED) is 0.0997. The predicted molar refractivity (Wildman–Crippen MR) is 173 cm³/mol. The van der Waals surface area contributed by atoms with Crippen LogP contribution in [0.1, 0.15) is 40.8 Å². The van der Waals surface area contributed by atoms with E-state index in [-0.39, 0.29) is 46.0 Å². The minimum Gasteiger partial charge on any atom is -0.479 e. The molecule has 17 heteroatoms. The van der Waals surface area contributed by atoms with Crippen LogP contribution < -0.4 is 20.1 Å². The van der Waals surface area contributed by atoms with Crippen LogP contribution in [0.4, 0.5) is 5.95 Å². The number of ether oxygens (including phenoxy) is 3. The van der Waals surface area contributed by atoms with Crippen LogP contribution in [0.2, 0.25) is 5.28 Å². The first-order valence-corrected chi connectivity index (χ1v) is 16.6. The average Bonchev–Trinajstić information content (AvgIpc) is 3.44. The second-order valence-corrected chi connectivity index (χ2v) is 14.6. The molecule has 47 heavy (non-hydrogen) atoms. The summed E-state index contributed by atoms with van der Waals surface area (Å²) in [5, 5.41) is 26.6. The SMILES string of the molecule is COc1nc(N)nc2c1nc(Cl)n2[C@@H]1O[C@H](COP(=O)(N[C@@H](C)C(=O)OCC(C)(C)C)Oc2cccc3ccccc23)[C@@H](O)[C@@]1(C)O. The lowest BCUT2D eigenvalue weighted by Gasteiger charge is -2.28. The number of carbonyl (C=O) groups is 1. The van der Waals surface area contributed by atoms with Crippen molar-refractivity contribution in [3.63, 3.8) is 0 Å². The standard InChI is InChI=1S/C30H38ClN6O9P/c1-16(25(39)43-15-29(2,3)4)36-47(41,46-19-13-9-11-17-10-7-8-12-18(17)19)44-14-20-22(38)30(5,40)26(45-20)37-23-21(33-27(37)31)24(42-6)35-28(32)34-23/h7-13,16,20,22,26,38,40H,14-15H2,1-6H3,(H,36,41)(H2,32,34,35)/t16-,20+,22+,26+,30+,47?/m0/s1. The molecule has 1 aliphatic rings. The van der Waals surface area contributed by atoms with Gasteiger partial charge < -0.3 is 34.7 Å². The number of carbonyl (C=O) groups excluding carboxylic acids is 1. The summed E-state index contributed by atoms with van der Waals surface area (Å²) in [6, 6.07) is 11.4. The lowest BCUT2D eigenvalue weighted by atomic mass is 9.96. The molecular formula is C30H38ClN6O9P. The number of hydrogen-bond acceptors (Lipinski definition) is 13. The summed E-state index contributed by atoms with van der Waals surface area (Å²) in [6.45, 7) is 8.07. The molecule has 0 bridgehead atoms. The van der Waals surface area contributed by atoms with Crippen LogP contribution in [0.5, 0.6) is 11.6 Å². The number of rotatable bonds is 11. The van der Waals surface area contributed by atoms with Crippen molar-refractivity contribution in [1.82, 2.24) is 24.6 Å². The van der Waals surface area contributed by atoms with Gasteiger partial charge in [0.15, 0.2) is 17.4 Å². The van der Waals surface area contributed by atoms with E-state index < -0.39 is 50.4 Å². The summed E-state index contributed by atoms with van der Waals surface area (Å²) < 4.78 is 44.1. The molecule has 5 N–H and O–H groups in total. The zero-order chi connectivity index (χ0) is 34.3. The largest absolute Gasteiger partial charge is 0.479 e. The summed E-state index contributed by atoms with van der Waals surface area (Å²) in [4.78, 5) is 25.2. The Morgan fingerprint density at radius 1 is 1.21 bits per heavy atom. The highest BCUT2D eigenvalue weighted by molar-refractivity contribution is 7.52. The first kappa shape index (κ1) is 34.8. The van der Waals surface area contributed by atoms with Gasteiger partial charge in [-0.3, -0.25) is 13.9 Å². The van der Waals surface area contributed by atoms with E-state index in [9.17, 15) is 19.6 Å².